The molecule has 1 atom stereocenters. The molecule has 10 nitrogen and oxygen atoms in total. The van der Waals surface area contributed by atoms with Gasteiger partial charge in [-0.15, -0.1) is 0 Å². The molecule has 1 spiro atoms. The Morgan fingerprint density at radius 2 is 1.97 bits per heavy atom. The number of fused-ring (bicyclic) bond motifs is 5. The largest absolute Gasteiger partial charge is 0.340 e. The fourth-order valence-corrected chi connectivity index (χ4v) is 4.46. The standard InChI is InChI=1S/C19H14N8O2/c1-9-13-16(27(26-9)17-14-15(21-7-20-14)22-8-23-17)25-12(28)6-19(13)10-4-2-3-5-11(10)24-18(19)29/h2-5,7-8H,6H2,1H3,(H,24,29)(H,25,28)(H,20,21,22,23)/t19-/m0/s1. The molecule has 10 heteroatoms. The molecule has 2 aliphatic heterocycles. The van der Waals surface area contributed by atoms with E-state index < -0.39 is 5.41 Å². The van der Waals surface area contributed by atoms with Gasteiger partial charge in [0.25, 0.3) is 0 Å². The number of rotatable bonds is 1. The topological polar surface area (TPSA) is 130 Å². The van der Waals surface area contributed by atoms with Crippen molar-refractivity contribution < 1.29 is 9.59 Å². The third-order valence-electron chi connectivity index (χ3n) is 5.60. The number of nitrogens with one attached hydrogen (secondary N) is 3. The molecule has 0 bridgehead atoms. The minimum Gasteiger partial charge on any atom is -0.340 e. The Morgan fingerprint density at radius 3 is 2.86 bits per heavy atom. The third kappa shape index (κ3) is 1.89. The van der Waals surface area contributed by atoms with Crippen LogP contribution in [0, 0.1) is 6.92 Å². The van der Waals surface area contributed by atoms with Crippen LogP contribution in [-0.4, -0.2) is 41.5 Å². The predicted molar refractivity (Wildman–Crippen MR) is 103 cm³/mol. The lowest BCUT2D eigenvalue weighted by Gasteiger charge is -2.32. The lowest BCUT2D eigenvalue weighted by Crippen LogP contribution is -2.43. The van der Waals surface area contributed by atoms with E-state index in [1.807, 2.05) is 31.2 Å². The van der Waals surface area contributed by atoms with Crippen LogP contribution in [0.25, 0.3) is 17.0 Å². The Kier molecular flexibility index (Phi) is 2.88. The Balaban J connectivity index is 1.68. The smallest absolute Gasteiger partial charge is 0.240 e. The van der Waals surface area contributed by atoms with Crippen molar-refractivity contribution >= 4 is 34.5 Å². The van der Waals surface area contributed by atoms with Crippen molar-refractivity contribution in [1.82, 2.24) is 29.7 Å². The molecule has 0 radical (unpaired) electrons. The van der Waals surface area contributed by atoms with E-state index in [0.29, 0.717) is 39.7 Å². The normalized spacial score (nSPS) is 19.9. The van der Waals surface area contributed by atoms with Crippen LogP contribution < -0.4 is 10.6 Å². The zero-order chi connectivity index (χ0) is 19.8. The van der Waals surface area contributed by atoms with Crippen molar-refractivity contribution in [2.45, 2.75) is 18.8 Å². The maximum absolute atomic E-state index is 13.2. The van der Waals surface area contributed by atoms with Crippen LogP contribution in [0.1, 0.15) is 23.2 Å². The molecular weight excluding hydrogens is 372 g/mol. The van der Waals surface area contributed by atoms with Gasteiger partial charge in [-0.2, -0.15) is 9.78 Å². The average molecular weight is 386 g/mol. The summed E-state index contributed by atoms with van der Waals surface area (Å²) in [5.41, 5.74) is 2.74. The first-order chi connectivity index (χ1) is 14.1. The van der Waals surface area contributed by atoms with Crippen molar-refractivity contribution in [3.63, 3.8) is 0 Å². The number of H-pyrrole nitrogens is 1. The first-order valence-corrected chi connectivity index (χ1v) is 9.05. The van der Waals surface area contributed by atoms with E-state index in [1.54, 1.807) is 4.68 Å². The molecule has 0 saturated carbocycles. The van der Waals surface area contributed by atoms with Crippen LogP contribution in [0.15, 0.2) is 36.9 Å². The zero-order valence-electron chi connectivity index (χ0n) is 15.2. The summed E-state index contributed by atoms with van der Waals surface area (Å²) >= 11 is 0. The summed E-state index contributed by atoms with van der Waals surface area (Å²) in [6.07, 6.45) is 2.92. The molecule has 1 aromatic carbocycles. The first kappa shape index (κ1) is 15.9. The van der Waals surface area contributed by atoms with E-state index >= 15 is 0 Å². The number of benzene rings is 1. The van der Waals surface area contributed by atoms with Gasteiger partial charge in [-0.05, 0) is 18.6 Å². The maximum atomic E-state index is 13.2. The lowest BCUT2D eigenvalue weighted by molar-refractivity contribution is -0.125. The Morgan fingerprint density at radius 1 is 1.10 bits per heavy atom. The van der Waals surface area contributed by atoms with Crippen molar-refractivity contribution in [2.75, 3.05) is 10.6 Å². The van der Waals surface area contributed by atoms with E-state index in [4.69, 9.17) is 0 Å². The Hall–Kier alpha value is -4.08. The number of aromatic amines is 1. The van der Waals surface area contributed by atoms with E-state index in [-0.39, 0.29) is 18.2 Å². The molecule has 29 heavy (non-hydrogen) atoms. The second-order valence-corrected chi connectivity index (χ2v) is 7.15. The fourth-order valence-electron chi connectivity index (χ4n) is 4.46. The summed E-state index contributed by atoms with van der Waals surface area (Å²) in [7, 11) is 0. The molecule has 142 valence electrons. The number of imidazole rings is 1. The highest BCUT2D eigenvalue weighted by Crippen LogP contribution is 2.51. The predicted octanol–water partition coefficient (Wildman–Crippen LogP) is 1.43. The van der Waals surface area contributed by atoms with Gasteiger partial charge in [0.1, 0.15) is 23.1 Å². The van der Waals surface area contributed by atoms with Crippen LogP contribution >= 0.6 is 0 Å². The summed E-state index contributed by atoms with van der Waals surface area (Å²) < 4.78 is 1.54. The SMILES string of the molecule is Cc1nn(-c2ncnc3nc[nH]c23)c2c1[C@@]1(CC(=O)N2)C(=O)Nc2ccccc21. The molecule has 5 heterocycles. The number of anilines is 2. The summed E-state index contributed by atoms with van der Waals surface area (Å²) in [4.78, 5) is 41.6. The molecule has 0 unspecified atom stereocenters. The highest BCUT2D eigenvalue weighted by molar-refractivity contribution is 6.15. The van der Waals surface area contributed by atoms with Crippen LogP contribution in [0.4, 0.5) is 11.5 Å². The summed E-state index contributed by atoms with van der Waals surface area (Å²) in [6, 6.07) is 7.44. The minimum absolute atomic E-state index is 0.0125. The molecule has 3 aromatic heterocycles. The van der Waals surface area contributed by atoms with E-state index in [9.17, 15) is 9.59 Å². The van der Waals surface area contributed by atoms with Gasteiger partial charge in [-0.3, -0.25) is 9.59 Å². The number of nitrogens with zero attached hydrogens (tertiary/aromatic N) is 5. The molecule has 2 amide bonds. The maximum Gasteiger partial charge on any atom is 0.240 e. The Labute approximate surface area is 163 Å². The molecular formula is C19H14N8O2. The molecule has 3 N–H and O–H groups in total. The quantitative estimate of drug-likeness (QED) is 0.454. The minimum atomic E-state index is -1.13. The van der Waals surface area contributed by atoms with Gasteiger partial charge in [0.05, 0.1) is 12.0 Å². The van der Waals surface area contributed by atoms with Crippen LogP contribution in [-0.2, 0) is 15.0 Å². The van der Waals surface area contributed by atoms with Crippen molar-refractivity contribution in [3.05, 3.63) is 53.7 Å². The van der Waals surface area contributed by atoms with Gasteiger partial charge in [0.15, 0.2) is 11.5 Å². The van der Waals surface area contributed by atoms with Crippen molar-refractivity contribution in [3.8, 4) is 5.82 Å². The third-order valence-corrected chi connectivity index (χ3v) is 5.60. The number of carbonyl (C=O) groups is 2. The summed E-state index contributed by atoms with van der Waals surface area (Å²) in [5.74, 6) is 0.383. The summed E-state index contributed by atoms with van der Waals surface area (Å²) in [6.45, 7) is 1.83. The van der Waals surface area contributed by atoms with Gasteiger partial charge >= 0.3 is 0 Å². The van der Waals surface area contributed by atoms with Gasteiger partial charge in [0, 0.05) is 17.7 Å². The van der Waals surface area contributed by atoms with Crippen molar-refractivity contribution in [1.29, 1.82) is 0 Å². The number of hydrogen-bond donors (Lipinski definition) is 3. The second-order valence-electron chi connectivity index (χ2n) is 7.15. The molecule has 4 aromatic rings. The number of aromatic nitrogens is 6. The van der Waals surface area contributed by atoms with E-state index in [1.165, 1.54) is 12.7 Å². The van der Waals surface area contributed by atoms with Crippen LogP contribution in [0.5, 0.6) is 0 Å². The number of amides is 2. The molecule has 0 aliphatic carbocycles. The molecule has 2 aliphatic rings. The van der Waals surface area contributed by atoms with Gasteiger partial charge in [0.2, 0.25) is 11.8 Å². The second kappa shape index (κ2) is 5.25. The number of para-hydroxylation sites is 1. The number of hydrogen-bond acceptors (Lipinski definition) is 6. The zero-order valence-corrected chi connectivity index (χ0v) is 15.2. The first-order valence-electron chi connectivity index (χ1n) is 9.05. The van der Waals surface area contributed by atoms with Gasteiger partial charge < -0.3 is 15.6 Å². The lowest BCUT2D eigenvalue weighted by atomic mass is 9.71. The fraction of sp³-hybridized carbons (Fsp3) is 0.158. The van der Waals surface area contributed by atoms with Gasteiger partial charge in [-0.25, -0.2) is 15.0 Å². The average Bonchev–Trinajstić information content (AvgIpc) is 3.38. The highest BCUT2D eigenvalue weighted by Gasteiger charge is 2.55. The number of carbonyl (C=O) groups excluding carboxylic acids is 2. The molecule has 6 rings (SSSR count). The van der Waals surface area contributed by atoms with Crippen LogP contribution in [0.3, 0.4) is 0 Å². The van der Waals surface area contributed by atoms with Gasteiger partial charge in [-0.1, -0.05) is 18.2 Å². The summed E-state index contributed by atoms with van der Waals surface area (Å²) in [5, 5.41) is 10.5. The molecule has 0 fully saturated rings. The van der Waals surface area contributed by atoms with Crippen molar-refractivity contribution in [2.24, 2.45) is 0 Å². The Bertz CT molecular complexity index is 1350. The van der Waals surface area contributed by atoms with E-state index in [2.05, 4.69) is 35.7 Å². The van der Waals surface area contributed by atoms with Crippen LogP contribution in [0.2, 0.25) is 0 Å². The van der Waals surface area contributed by atoms with E-state index in [0.717, 1.165) is 5.56 Å². The monoisotopic (exact) mass is 386 g/mol. The number of aryl methyl sites for hydroxylation is 1. The molecule has 0 saturated heterocycles. The highest BCUT2D eigenvalue weighted by atomic mass is 16.2.